The lowest BCUT2D eigenvalue weighted by molar-refractivity contribution is -0.385. The zero-order valence-electron chi connectivity index (χ0n) is 13.3. The van der Waals surface area contributed by atoms with Crippen molar-refractivity contribution in [2.75, 3.05) is 0 Å². The first-order valence-electron chi connectivity index (χ1n) is 7.50. The maximum absolute atomic E-state index is 12.1. The van der Waals surface area contributed by atoms with E-state index >= 15 is 0 Å². The van der Waals surface area contributed by atoms with Crippen LogP contribution in [0.25, 0.3) is 11.3 Å². The molecule has 0 saturated carbocycles. The van der Waals surface area contributed by atoms with Crippen LogP contribution in [-0.4, -0.2) is 19.6 Å². The van der Waals surface area contributed by atoms with Gasteiger partial charge in [0, 0.05) is 35.9 Å². The summed E-state index contributed by atoms with van der Waals surface area (Å²) in [5.74, 6) is 0. The van der Waals surface area contributed by atoms with Crippen LogP contribution in [0.5, 0.6) is 0 Å². The SMILES string of the molecule is O=c1ccc(-c2cccc([N+](=O)[O-])c2)nn1Cc1cccc([N+](=O)[O-])c1. The van der Waals surface area contributed by atoms with Gasteiger partial charge in [-0.3, -0.25) is 25.0 Å². The van der Waals surface area contributed by atoms with E-state index < -0.39 is 9.85 Å². The zero-order chi connectivity index (χ0) is 18.7. The third-order valence-corrected chi connectivity index (χ3v) is 3.67. The lowest BCUT2D eigenvalue weighted by atomic mass is 10.1. The highest BCUT2D eigenvalue weighted by atomic mass is 16.6. The number of nitro groups is 2. The Morgan fingerprint density at radius 3 is 2.23 bits per heavy atom. The molecule has 0 unspecified atom stereocenters. The van der Waals surface area contributed by atoms with E-state index in [2.05, 4.69) is 5.10 Å². The monoisotopic (exact) mass is 352 g/mol. The van der Waals surface area contributed by atoms with Gasteiger partial charge in [-0.2, -0.15) is 5.10 Å². The van der Waals surface area contributed by atoms with Crippen LogP contribution in [0.2, 0.25) is 0 Å². The largest absolute Gasteiger partial charge is 0.270 e. The van der Waals surface area contributed by atoms with E-state index in [1.54, 1.807) is 12.1 Å². The summed E-state index contributed by atoms with van der Waals surface area (Å²) in [5.41, 5.74) is 0.882. The molecule has 9 nitrogen and oxygen atoms in total. The van der Waals surface area contributed by atoms with Gasteiger partial charge in [-0.1, -0.05) is 24.3 Å². The molecular formula is C17H12N4O5. The fourth-order valence-electron chi connectivity index (χ4n) is 2.44. The van der Waals surface area contributed by atoms with E-state index in [-0.39, 0.29) is 23.5 Å². The quantitative estimate of drug-likeness (QED) is 0.514. The number of hydrogen-bond donors (Lipinski definition) is 0. The maximum Gasteiger partial charge on any atom is 0.270 e. The van der Waals surface area contributed by atoms with E-state index in [9.17, 15) is 25.0 Å². The minimum atomic E-state index is -0.515. The summed E-state index contributed by atoms with van der Waals surface area (Å²) in [6.07, 6.45) is 0. The molecule has 1 heterocycles. The zero-order valence-corrected chi connectivity index (χ0v) is 13.3. The second kappa shape index (κ2) is 6.93. The van der Waals surface area contributed by atoms with Gasteiger partial charge in [0.05, 0.1) is 22.1 Å². The van der Waals surface area contributed by atoms with Crippen LogP contribution in [0.1, 0.15) is 5.56 Å². The van der Waals surface area contributed by atoms with E-state index in [0.29, 0.717) is 16.8 Å². The molecule has 0 amide bonds. The van der Waals surface area contributed by atoms with Crippen LogP contribution in [0.4, 0.5) is 11.4 Å². The highest BCUT2D eigenvalue weighted by Gasteiger charge is 2.11. The Kier molecular flexibility index (Phi) is 4.52. The smallest absolute Gasteiger partial charge is 0.268 e. The van der Waals surface area contributed by atoms with Gasteiger partial charge >= 0.3 is 0 Å². The van der Waals surface area contributed by atoms with Crippen LogP contribution in [0.3, 0.4) is 0 Å². The first-order valence-corrected chi connectivity index (χ1v) is 7.50. The van der Waals surface area contributed by atoms with E-state index in [4.69, 9.17) is 0 Å². The minimum Gasteiger partial charge on any atom is -0.268 e. The van der Waals surface area contributed by atoms with Crippen LogP contribution >= 0.6 is 0 Å². The molecule has 0 atom stereocenters. The van der Waals surface area contributed by atoms with Crippen molar-refractivity contribution in [3.63, 3.8) is 0 Å². The molecule has 0 fully saturated rings. The predicted molar refractivity (Wildman–Crippen MR) is 92.8 cm³/mol. The molecule has 26 heavy (non-hydrogen) atoms. The molecule has 0 saturated heterocycles. The van der Waals surface area contributed by atoms with Gasteiger partial charge in [0.25, 0.3) is 16.9 Å². The van der Waals surface area contributed by atoms with Crippen molar-refractivity contribution in [2.24, 2.45) is 0 Å². The normalized spacial score (nSPS) is 10.5. The summed E-state index contributed by atoms with van der Waals surface area (Å²) >= 11 is 0. The molecule has 0 spiro atoms. The Morgan fingerprint density at radius 2 is 1.54 bits per heavy atom. The average Bonchev–Trinajstić information content (AvgIpc) is 2.64. The van der Waals surface area contributed by atoms with Crippen LogP contribution in [0.15, 0.2) is 65.5 Å². The summed E-state index contributed by atoms with van der Waals surface area (Å²) in [6, 6.07) is 14.6. The van der Waals surface area contributed by atoms with Gasteiger partial charge in [-0.15, -0.1) is 0 Å². The molecule has 9 heteroatoms. The highest BCUT2D eigenvalue weighted by molar-refractivity contribution is 5.61. The first kappa shape index (κ1) is 17.0. The molecule has 130 valence electrons. The molecule has 0 radical (unpaired) electrons. The first-order chi connectivity index (χ1) is 12.4. The molecule has 3 rings (SSSR count). The average molecular weight is 352 g/mol. The topological polar surface area (TPSA) is 121 Å². The summed E-state index contributed by atoms with van der Waals surface area (Å²) in [7, 11) is 0. The number of nitro benzene ring substituents is 2. The summed E-state index contributed by atoms with van der Waals surface area (Å²) in [6.45, 7) is 0.0449. The third-order valence-electron chi connectivity index (χ3n) is 3.67. The van der Waals surface area contributed by atoms with Crippen LogP contribution in [0, 0.1) is 20.2 Å². The molecule has 2 aromatic carbocycles. The predicted octanol–water partition coefficient (Wildman–Crippen LogP) is 2.78. The molecule has 0 aliphatic carbocycles. The Hall–Kier alpha value is -3.88. The van der Waals surface area contributed by atoms with Gasteiger partial charge < -0.3 is 0 Å². The van der Waals surface area contributed by atoms with E-state index in [1.165, 1.54) is 48.5 Å². The van der Waals surface area contributed by atoms with Gasteiger partial charge in [0.2, 0.25) is 0 Å². The lowest BCUT2D eigenvalue weighted by Gasteiger charge is -2.07. The number of benzene rings is 2. The second-order valence-corrected chi connectivity index (χ2v) is 5.45. The van der Waals surface area contributed by atoms with Crippen molar-refractivity contribution in [3.05, 3.63) is 96.8 Å². The fraction of sp³-hybridized carbons (Fsp3) is 0.0588. The number of rotatable bonds is 5. The van der Waals surface area contributed by atoms with Gasteiger partial charge in [-0.25, -0.2) is 4.68 Å². The van der Waals surface area contributed by atoms with Gasteiger partial charge in [0.15, 0.2) is 0 Å². The Bertz CT molecular complexity index is 1060. The molecule has 1 aromatic heterocycles. The van der Waals surface area contributed by atoms with E-state index in [1.807, 2.05) is 0 Å². The van der Waals surface area contributed by atoms with Gasteiger partial charge in [0.1, 0.15) is 0 Å². The van der Waals surface area contributed by atoms with Crippen molar-refractivity contribution in [1.82, 2.24) is 9.78 Å². The highest BCUT2D eigenvalue weighted by Crippen LogP contribution is 2.21. The number of non-ortho nitro benzene ring substituents is 2. The summed E-state index contributed by atoms with van der Waals surface area (Å²) < 4.78 is 1.16. The molecule has 3 aromatic rings. The molecule has 0 N–H and O–H groups in total. The minimum absolute atomic E-state index is 0.0449. The van der Waals surface area contributed by atoms with Crippen LogP contribution < -0.4 is 5.56 Å². The maximum atomic E-state index is 12.1. The molecular weight excluding hydrogens is 340 g/mol. The molecule has 0 aliphatic heterocycles. The van der Waals surface area contributed by atoms with Crippen LogP contribution in [-0.2, 0) is 6.54 Å². The van der Waals surface area contributed by atoms with E-state index in [0.717, 1.165) is 4.68 Å². The Balaban J connectivity index is 1.97. The number of aromatic nitrogens is 2. The van der Waals surface area contributed by atoms with Crippen molar-refractivity contribution >= 4 is 11.4 Å². The standard InChI is InChI=1S/C17H12N4O5/c22-17-8-7-16(13-4-2-6-15(10-13)21(25)26)18-19(17)11-12-3-1-5-14(9-12)20(23)24/h1-10H,11H2. The Labute approximate surface area is 146 Å². The number of nitrogens with zero attached hydrogens (tertiary/aromatic N) is 4. The van der Waals surface area contributed by atoms with Crippen molar-refractivity contribution < 1.29 is 9.85 Å². The second-order valence-electron chi connectivity index (χ2n) is 5.45. The number of hydrogen-bond acceptors (Lipinski definition) is 6. The van der Waals surface area contributed by atoms with Gasteiger partial charge in [-0.05, 0) is 11.6 Å². The lowest BCUT2D eigenvalue weighted by Crippen LogP contribution is -2.22. The Morgan fingerprint density at radius 1 is 0.885 bits per heavy atom. The molecule has 0 aliphatic rings. The van der Waals surface area contributed by atoms with Crippen molar-refractivity contribution in [3.8, 4) is 11.3 Å². The summed E-state index contributed by atoms with van der Waals surface area (Å²) in [4.78, 5) is 32.8. The van der Waals surface area contributed by atoms with Crippen molar-refractivity contribution in [2.45, 2.75) is 6.54 Å². The fourth-order valence-corrected chi connectivity index (χ4v) is 2.44. The van der Waals surface area contributed by atoms with Crippen molar-refractivity contribution in [1.29, 1.82) is 0 Å². The summed E-state index contributed by atoms with van der Waals surface area (Å²) in [5, 5.41) is 26.0. The third kappa shape index (κ3) is 3.61. The molecule has 0 bridgehead atoms.